The van der Waals surface area contributed by atoms with Gasteiger partial charge in [0.15, 0.2) is 11.5 Å². The molecule has 8 nitrogen and oxygen atoms in total. The quantitative estimate of drug-likeness (QED) is 0.527. The Labute approximate surface area is 177 Å². The number of ether oxygens (including phenoxy) is 1. The van der Waals surface area contributed by atoms with Crippen LogP contribution in [0.2, 0.25) is 0 Å². The molecule has 2 aromatic carbocycles. The normalized spacial score (nSPS) is 18.9. The van der Waals surface area contributed by atoms with Crippen LogP contribution in [0.4, 0.5) is 10.2 Å². The number of alkyl halides is 1. The molecule has 1 saturated heterocycles. The number of fused-ring (bicyclic) bond motifs is 1. The van der Waals surface area contributed by atoms with Gasteiger partial charge in [-0.05, 0) is 49.4 Å². The highest BCUT2D eigenvalue weighted by atomic mass is 19.1. The predicted molar refractivity (Wildman–Crippen MR) is 115 cm³/mol. The second-order valence-electron chi connectivity index (χ2n) is 7.40. The first-order valence-corrected chi connectivity index (χ1v) is 10.0. The Balaban J connectivity index is 1.60. The maximum absolute atomic E-state index is 14.7. The molecule has 2 aromatic heterocycles. The molecule has 158 valence electrons. The molecule has 1 aliphatic heterocycles. The number of hydrogen-bond acceptors (Lipinski definition) is 6. The van der Waals surface area contributed by atoms with Crippen LogP contribution in [-0.2, 0) is 0 Å². The number of imidazole rings is 1. The predicted octanol–water partition coefficient (Wildman–Crippen LogP) is 2.83. The van der Waals surface area contributed by atoms with Crippen LogP contribution < -0.4 is 21.5 Å². The van der Waals surface area contributed by atoms with Crippen molar-refractivity contribution in [1.29, 1.82) is 0 Å². The van der Waals surface area contributed by atoms with Crippen molar-refractivity contribution >= 4 is 17.0 Å². The summed E-state index contributed by atoms with van der Waals surface area (Å²) in [5, 5.41) is 3.01. The monoisotopic (exact) mass is 420 g/mol. The third-order valence-electron chi connectivity index (χ3n) is 5.46. The first-order chi connectivity index (χ1) is 15.1. The Bertz CT molecular complexity index is 1270. The third-order valence-corrected chi connectivity index (χ3v) is 5.46. The molecule has 9 heteroatoms. The van der Waals surface area contributed by atoms with E-state index in [1.807, 2.05) is 30.3 Å². The van der Waals surface area contributed by atoms with E-state index < -0.39 is 17.9 Å². The maximum atomic E-state index is 14.7. The van der Waals surface area contributed by atoms with E-state index in [2.05, 4.69) is 15.3 Å². The molecule has 4 aromatic rings. The van der Waals surface area contributed by atoms with Crippen LogP contribution in [0.3, 0.4) is 0 Å². The number of nitrogen functional groups attached to an aromatic ring is 1. The van der Waals surface area contributed by atoms with Gasteiger partial charge in [0, 0.05) is 6.54 Å². The van der Waals surface area contributed by atoms with Crippen LogP contribution in [0.1, 0.15) is 12.5 Å². The smallest absolute Gasteiger partial charge is 0.335 e. The molecule has 0 radical (unpaired) electrons. The number of piperidine rings is 1. The molecule has 0 bridgehead atoms. The van der Waals surface area contributed by atoms with Gasteiger partial charge in [0.05, 0.1) is 11.7 Å². The minimum absolute atomic E-state index is 0.162. The fourth-order valence-electron chi connectivity index (χ4n) is 3.99. The summed E-state index contributed by atoms with van der Waals surface area (Å²) in [4.78, 5) is 21.8. The summed E-state index contributed by atoms with van der Waals surface area (Å²) in [6.07, 6.45) is 0.570. The molecule has 0 unspecified atom stereocenters. The lowest BCUT2D eigenvalue weighted by Crippen LogP contribution is -2.42. The zero-order valence-corrected chi connectivity index (χ0v) is 16.6. The Hall–Kier alpha value is -3.72. The number of benzene rings is 2. The van der Waals surface area contributed by atoms with Crippen molar-refractivity contribution < 1.29 is 9.13 Å². The molecule has 1 aliphatic rings. The van der Waals surface area contributed by atoms with Crippen LogP contribution in [0, 0.1) is 0 Å². The van der Waals surface area contributed by atoms with Crippen LogP contribution in [0.25, 0.3) is 16.9 Å². The van der Waals surface area contributed by atoms with Gasteiger partial charge in [-0.15, -0.1) is 0 Å². The van der Waals surface area contributed by atoms with Gasteiger partial charge in [-0.2, -0.15) is 0 Å². The molecule has 3 heterocycles. The molecule has 0 spiro atoms. The minimum atomic E-state index is -1.21. The Morgan fingerprint density at radius 2 is 1.81 bits per heavy atom. The van der Waals surface area contributed by atoms with E-state index in [9.17, 15) is 9.18 Å². The van der Waals surface area contributed by atoms with Gasteiger partial charge in [0.2, 0.25) is 0 Å². The Kier molecular flexibility index (Phi) is 4.87. The van der Waals surface area contributed by atoms with Crippen molar-refractivity contribution in [2.75, 3.05) is 18.8 Å². The van der Waals surface area contributed by atoms with Gasteiger partial charge in [0.1, 0.15) is 29.5 Å². The van der Waals surface area contributed by atoms with Gasteiger partial charge < -0.3 is 15.8 Å². The summed E-state index contributed by atoms with van der Waals surface area (Å²) >= 11 is 0. The third kappa shape index (κ3) is 3.42. The van der Waals surface area contributed by atoms with Crippen LogP contribution >= 0.6 is 0 Å². The number of anilines is 1. The highest BCUT2D eigenvalue weighted by molar-refractivity contribution is 5.84. The van der Waals surface area contributed by atoms with Crippen molar-refractivity contribution in [3.63, 3.8) is 0 Å². The molecular formula is C22H21FN6O2. The average Bonchev–Trinajstić information content (AvgIpc) is 3.08. The standard InChI is InChI=1S/C22H21FN6O2/c23-17-12-25-11-10-18(17)29-21-19(20(24)26-13-27-21)28(22(29)30)14-6-8-16(9-7-14)31-15-4-2-1-3-5-15/h1-9,13,17-18,25H,10-12H2,(H2,24,26,27)/t17-,18+/m0/s1. The molecule has 0 amide bonds. The van der Waals surface area contributed by atoms with Crippen LogP contribution in [-0.4, -0.2) is 38.4 Å². The van der Waals surface area contributed by atoms with Gasteiger partial charge in [-0.1, -0.05) is 18.2 Å². The number of para-hydroxylation sites is 1. The van der Waals surface area contributed by atoms with Crippen LogP contribution in [0.5, 0.6) is 11.5 Å². The highest BCUT2D eigenvalue weighted by Crippen LogP contribution is 2.28. The lowest BCUT2D eigenvalue weighted by molar-refractivity contribution is 0.183. The molecular weight excluding hydrogens is 399 g/mol. The number of aromatic nitrogens is 4. The lowest BCUT2D eigenvalue weighted by Gasteiger charge is -2.27. The summed E-state index contributed by atoms with van der Waals surface area (Å²) in [5.74, 6) is 1.49. The fourth-order valence-corrected chi connectivity index (χ4v) is 3.99. The van der Waals surface area contributed by atoms with Crippen molar-refractivity contribution in [2.45, 2.75) is 18.6 Å². The second kappa shape index (κ2) is 7.84. The number of rotatable bonds is 4. The zero-order chi connectivity index (χ0) is 21.4. The molecule has 0 saturated carbocycles. The lowest BCUT2D eigenvalue weighted by atomic mass is 10.0. The summed E-state index contributed by atoms with van der Waals surface area (Å²) in [5.41, 5.74) is 6.99. The number of nitrogens with one attached hydrogen (secondary N) is 1. The summed E-state index contributed by atoms with van der Waals surface area (Å²) in [6, 6.07) is 15.8. The van der Waals surface area contributed by atoms with Crippen molar-refractivity contribution in [2.24, 2.45) is 0 Å². The van der Waals surface area contributed by atoms with Gasteiger partial charge in [0.25, 0.3) is 0 Å². The first kappa shape index (κ1) is 19.3. The first-order valence-electron chi connectivity index (χ1n) is 10.0. The second-order valence-corrected chi connectivity index (χ2v) is 7.40. The summed E-state index contributed by atoms with van der Waals surface area (Å²) in [6.45, 7) is 0.812. The minimum Gasteiger partial charge on any atom is -0.457 e. The molecule has 2 atom stereocenters. The van der Waals surface area contributed by atoms with E-state index >= 15 is 0 Å². The largest absolute Gasteiger partial charge is 0.457 e. The maximum Gasteiger partial charge on any atom is 0.335 e. The van der Waals surface area contributed by atoms with E-state index in [0.717, 1.165) is 0 Å². The Morgan fingerprint density at radius 1 is 1.06 bits per heavy atom. The highest BCUT2D eigenvalue weighted by Gasteiger charge is 2.31. The topological polar surface area (TPSA) is 100.0 Å². The van der Waals surface area contributed by atoms with Crippen molar-refractivity contribution in [3.8, 4) is 17.2 Å². The molecule has 5 rings (SSSR count). The van der Waals surface area contributed by atoms with Crippen LogP contribution in [0.15, 0.2) is 65.7 Å². The van der Waals surface area contributed by atoms with E-state index in [-0.39, 0.29) is 12.4 Å². The SMILES string of the molecule is Nc1ncnc2c1n(-c1ccc(Oc3ccccc3)cc1)c(=O)n2[C@@H]1CCNC[C@@H]1F. The molecule has 0 aliphatic carbocycles. The van der Waals surface area contributed by atoms with Gasteiger partial charge in [-0.3, -0.25) is 9.13 Å². The van der Waals surface area contributed by atoms with Gasteiger partial charge >= 0.3 is 5.69 Å². The average molecular weight is 420 g/mol. The zero-order valence-electron chi connectivity index (χ0n) is 16.6. The molecule has 31 heavy (non-hydrogen) atoms. The number of nitrogens with two attached hydrogens (primary N) is 1. The van der Waals surface area contributed by atoms with Crippen molar-refractivity contribution in [1.82, 2.24) is 24.4 Å². The summed E-state index contributed by atoms with van der Waals surface area (Å²) in [7, 11) is 0. The summed E-state index contributed by atoms with van der Waals surface area (Å²) < 4.78 is 23.4. The van der Waals surface area contributed by atoms with E-state index in [1.54, 1.807) is 24.3 Å². The van der Waals surface area contributed by atoms with E-state index in [4.69, 9.17) is 10.5 Å². The number of nitrogens with zero attached hydrogens (tertiary/aromatic N) is 4. The fraction of sp³-hybridized carbons (Fsp3) is 0.227. The number of hydrogen-bond donors (Lipinski definition) is 2. The van der Waals surface area contributed by atoms with E-state index in [1.165, 1.54) is 15.5 Å². The molecule has 1 fully saturated rings. The molecule has 3 N–H and O–H groups in total. The Morgan fingerprint density at radius 3 is 2.55 bits per heavy atom. The van der Waals surface area contributed by atoms with Gasteiger partial charge in [-0.25, -0.2) is 19.2 Å². The van der Waals surface area contributed by atoms with E-state index in [0.29, 0.717) is 41.3 Å². The van der Waals surface area contributed by atoms with Crippen molar-refractivity contribution in [3.05, 3.63) is 71.4 Å². The number of halogens is 1.